The Bertz CT molecular complexity index is 500. The maximum Gasteiger partial charge on any atom is 0.337 e. The molecule has 1 aliphatic heterocycles. The van der Waals surface area contributed by atoms with Gasteiger partial charge < -0.3 is 19.3 Å². The third kappa shape index (κ3) is 2.79. The van der Waals surface area contributed by atoms with Crippen LogP contribution < -0.4 is 0 Å². The lowest BCUT2D eigenvalue weighted by Crippen LogP contribution is -2.20. The first-order valence-electron chi connectivity index (χ1n) is 6.11. The minimum absolute atomic E-state index is 0.0104. The average molecular weight is 288 g/mol. The van der Waals surface area contributed by atoms with E-state index in [-0.39, 0.29) is 12.2 Å². The number of hydrogen-bond donors (Lipinski definition) is 1. The van der Waals surface area contributed by atoms with Crippen molar-refractivity contribution in [1.82, 2.24) is 0 Å². The molecule has 20 heavy (non-hydrogen) atoms. The van der Waals surface area contributed by atoms with Crippen LogP contribution in [0.3, 0.4) is 0 Å². The second kappa shape index (κ2) is 6.25. The van der Waals surface area contributed by atoms with Gasteiger partial charge in [0, 0.05) is 12.2 Å². The monoisotopic (exact) mass is 288 g/mol. The molecule has 1 aromatic rings. The van der Waals surface area contributed by atoms with E-state index in [4.69, 9.17) is 19.3 Å². The van der Waals surface area contributed by atoms with Gasteiger partial charge in [0.05, 0.1) is 18.8 Å². The number of ether oxygens (including phenoxy) is 3. The Hall–Kier alpha value is -1.57. The molecule has 1 aromatic carbocycles. The Labute approximate surface area is 114 Å². The number of carboxylic acids is 1. The predicted octanol–water partition coefficient (Wildman–Crippen LogP) is 2.17. The van der Waals surface area contributed by atoms with Gasteiger partial charge in [-0.2, -0.15) is 0 Å². The SMILES string of the molecule is CCOC(C(=O)O)c1c(F)ccc(C2OCCO2)c1F. The fraction of sp³-hybridized carbons (Fsp3) is 0.462. The first-order valence-corrected chi connectivity index (χ1v) is 6.11. The van der Waals surface area contributed by atoms with Crippen molar-refractivity contribution in [1.29, 1.82) is 0 Å². The van der Waals surface area contributed by atoms with Gasteiger partial charge in [-0.15, -0.1) is 0 Å². The molecule has 1 atom stereocenters. The van der Waals surface area contributed by atoms with Crippen molar-refractivity contribution in [3.63, 3.8) is 0 Å². The number of rotatable bonds is 5. The van der Waals surface area contributed by atoms with E-state index in [0.29, 0.717) is 13.2 Å². The van der Waals surface area contributed by atoms with E-state index in [0.717, 1.165) is 6.07 Å². The average Bonchev–Trinajstić information content (AvgIpc) is 2.91. The van der Waals surface area contributed by atoms with Crippen LogP contribution in [-0.2, 0) is 19.0 Å². The molecule has 0 aromatic heterocycles. The van der Waals surface area contributed by atoms with Crippen LogP contribution in [0.4, 0.5) is 8.78 Å². The van der Waals surface area contributed by atoms with Gasteiger partial charge in [0.2, 0.25) is 0 Å². The molecule has 0 radical (unpaired) electrons. The summed E-state index contributed by atoms with van der Waals surface area (Å²) in [6, 6.07) is 2.16. The highest BCUT2D eigenvalue weighted by Gasteiger charge is 2.32. The van der Waals surface area contributed by atoms with Crippen molar-refractivity contribution < 1.29 is 32.9 Å². The smallest absolute Gasteiger partial charge is 0.337 e. The van der Waals surface area contributed by atoms with E-state index in [2.05, 4.69) is 0 Å². The van der Waals surface area contributed by atoms with Crippen LogP contribution in [0.5, 0.6) is 0 Å². The van der Waals surface area contributed by atoms with Crippen LogP contribution in [-0.4, -0.2) is 30.9 Å². The lowest BCUT2D eigenvalue weighted by molar-refractivity contribution is -0.151. The minimum atomic E-state index is -1.71. The highest BCUT2D eigenvalue weighted by atomic mass is 19.1. The second-order valence-corrected chi connectivity index (χ2v) is 4.11. The highest BCUT2D eigenvalue weighted by Crippen LogP contribution is 2.32. The molecular weight excluding hydrogens is 274 g/mol. The summed E-state index contributed by atoms with van der Waals surface area (Å²) in [5.41, 5.74) is -0.680. The molecule has 0 amide bonds. The number of carboxylic acid groups (broad SMARTS) is 1. The van der Waals surface area contributed by atoms with E-state index in [1.54, 1.807) is 6.92 Å². The normalized spacial score (nSPS) is 17.4. The molecule has 1 heterocycles. The zero-order chi connectivity index (χ0) is 14.7. The van der Waals surface area contributed by atoms with Crippen molar-refractivity contribution in [3.05, 3.63) is 34.9 Å². The van der Waals surface area contributed by atoms with Crippen molar-refractivity contribution in [2.45, 2.75) is 19.3 Å². The van der Waals surface area contributed by atoms with E-state index in [9.17, 15) is 13.6 Å². The molecule has 1 fully saturated rings. The van der Waals surface area contributed by atoms with Crippen LogP contribution in [0.15, 0.2) is 12.1 Å². The molecule has 110 valence electrons. The third-order valence-electron chi connectivity index (χ3n) is 2.85. The van der Waals surface area contributed by atoms with Crippen LogP contribution in [0.25, 0.3) is 0 Å². The molecule has 0 saturated carbocycles. The summed E-state index contributed by atoms with van der Waals surface area (Å²) in [5, 5.41) is 9.04. The molecule has 0 aliphatic carbocycles. The second-order valence-electron chi connectivity index (χ2n) is 4.11. The fourth-order valence-corrected chi connectivity index (χ4v) is 1.99. The minimum Gasteiger partial charge on any atom is -0.479 e. The molecule has 1 unspecified atom stereocenters. The van der Waals surface area contributed by atoms with Gasteiger partial charge >= 0.3 is 5.97 Å². The van der Waals surface area contributed by atoms with Gasteiger partial charge in [0.1, 0.15) is 11.6 Å². The summed E-state index contributed by atoms with van der Waals surface area (Å²) in [5.74, 6) is -3.46. The summed E-state index contributed by atoms with van der Waals surface area (Å²) in [6.45, 7) is 2.14. The van der Waals surface area contributed by atoms with Crippen molar-refractivity contribution in [2.75, 3.05) is 19.8 Å². The Morgan fingerprint density at radius 1 is 1.45 bits per heavy atom. The van der Waals surface area contributed by atoms with Crippen LogP contribution in [0, 0.1) is 11.6 Å². The number of hydrogen-bond acceptors (Lipinski definition) is 4. The fourth-order valence-electron chi connectivity index (χ4n) is 1.99. The van der Waals surface area contributed by atoms with Gasteiger partial charge in [-0.3, -0.25) is 0 Å². The Morgan fingerprint density at radius 2 is 2.10 bits per heavy atom. The zero-order valence-corrected chi connectivity index (χ0v) is 10.8. The molecule has 1 N–H and O–H groups in total. The number of benzene rings is 1. The lowest BCUT2D eigenvalue weighted by atomic mass is 10.0. The van der Waals surface area contributed by atoms with Gasteiger partial charge in [-0.05, 0) is 19.1 Å². The summed E-state index contributed by atoms with van der Waals surface area (Å²) >= 11 is 0. The van der Waals surface area contributed by atoms with Gasteiger partial charge in [0.15, 0.2) is 12.4 Å². The van der Waals surface area contributed by atoms with Gasteiger partial charge in [-0.1, -0.05) is 0 Å². The standard InChI is InChI=1S/C13H14F2O5/c1-2-18-11(12(16)17)9-8(14)4-3-7(10(9)15)13-19-5-6-20-13/h3-4,11,13H,2,5-6H2,1H3,(H,16,17). The topological polar surface area (TPSA) is 65.0 Å². The lowest BCUT2D eigenvalue weighted by Gasteiger charge is -2.18. The number of aliphatic carboxylic acids is 1. The highest BCUT2D eigenvalue weighted by molar-refractivity contribution is 5.74. The van der Waals surface area contributed by atoms with Crippen LogP contribution >= 0.6 is 0 Å². The van der Waals surface area contributed by atoms with Crippen LogP contribution in [0.2, 0.25) is 0 Å². The van der Waals surface area contributed by atoms with E-state index < -0.39 is 35.6 Å². The van der Waals surface area contributed by atoms with Crippen molar-refractivity contribution in [3.8, 4) is 0 Å². The summed E-state index contributed by atoms with van der Waals surface area (Å²) in [6.07, 6.45) is -2.66. The maximum absolute atomic E-state index is 14.4. The molecule has 2 rings (SSSR count). The molecular formula is C13H14F2O5. The van der Waals surface area contributed by atoms with E-state index in [1.165, 1.54) is 6.07 Å². The van der Waals surface area contributed by atoms with Gasteiger partial charge in [-0.25, -0.2) is 13.6 Å². The van der Waals surface area contributed by atoms with Crippen LogP contribution in [0.1, 0.15) is 30.4 Å². The number of carbonyl (C=O) groups is 1. The molecule has 0 bridgehead atoms. The largest absolute Gasteiger partial charge is 0.479 e. The molecule has 1 aliphatic rings. The molecule has 7 heteroatoms. The summed E-state index contributed by atoms with van der Waals surface area (Å²) in [7, 11) is 0. The zero-order valence-electron chi connectivity index (χ0n) is 10.8. The maximum atomic E-state index is 14.4. The van der Waals surface area contributed by atoms with E-state index >= 15 is 0 Å². The van der Waals surface area contributed by atoms with Gasteiger partial charge in [0.25, 0.3) is 0 Å². The first-order chi connectivity index (χ1) is 9.56. The van der Waals surface area contributed by atoms with Crippen molar-refractivity contribution >= 4 is 5.97 Å². The molecule has 5 nitrogen and oxygen atoms in total. The predicted molar refractivity (Wildman–Crippen MR) is 63.0 cm³/mol. The third-order valence-corrected chi connectivity index (χ3v) is 2.85. The number of halogens is 2. The quantitative estimate of drug-likeness (QED) is 0.899. The van der Waals surface area contributed by atoms with E-state index in [1.807, 2.05) is 0 Å². The summed E-state index contributed by atoms with van der Waals surface area (Å²) < 4.78 is 43.4. The Kier molecular flexibility index (Phi) is 4.64. The Balaban J connectivity index is 2.45. The molecule has 1 saturated heterocycles. The molecule has 0 spiro atoms. The summed E-state index contributed by atoms with van der Waals surface area (Å²) in [4.78, 5) is 11.1. The first kappa shape index (κ1) is 14.8. The Morgan fingerprint density at radius 3 is 2.65 bits per heavy atom. The van der Waals surface area contributed by atoms with Crippen molar-refractivity contribution in [2.24, 2.45) is 0 Å².